The van der Waals surface area contributed by atoms with Crippen LogP contribution in [0.25, 0.3) is 6.08 Å². The molecule has 0 atom stereocenters. The fraction of sp³-hybridized carbons (Fsp3) is 0.474. The summed E-state index contributed by atoms with van der Waals surface area (Å²) in [6, 6.07) is 5.22. The van der Waals surface area contributed by atoms with E-state index in [1.165, 1.54) is 6.08 Å². The van der Waals surface area contributed by atoms with E-state index >= 15 is 0 Å². The third-order valence-corrected chi connectivity index (χ3v) is 4.60. The molecule has 1 N–H and O–H groups in total. The van der Waals surface area contributed by atoms with Crippen LogP contribution in [-0.4, -0.2) is 41.6 Å². The Kier molecular flexibility index (Phi) is 6.95. The molecule has 2 rings (SSSR count). The van der Waals surface area contributed by atoms with Crippen LogP contribution in [0.2, 0.25) is 10.0 Å². The molecule has 1 aromatic rings. The molecule has 0 saturated carbocycles. The fourth-order valence-corrected chi connectivity index (χ4v) is 2.88. The van der Waals surface area contributed by atoms with Gasteiger partial charge in [0.15, 0.2) is 0 Å². The van der Waals surface area contributed by atoms with E-state index in [0.717, 1.165) is 5.56 Å². The van der Waals surface area contributed by atoms with Crippen LogP contribution in [0.15, 0.2) is 24.3 Å². The highest BCUT2D eigenvalue weighted by Gasteiger charge is 2.27. The first-order valence-electron chi connectivity index (χ1n) is 8.55. The number of ether oxygens (including phenoxy) is 1. The number of carbonyl (C=O) groups is 2. The van der Waals surface area contributed by atoms with Gasteiger partial charge in [-0.3, -0.25) is 4.79 Å². The number of carbonyl (C=O) groups excluding carboxylic acids is 2. The Labute approximate surface area is 164 Å². The Morgan fingerprint density at radius 1 is 1.19 bits per heavy atom. The number of nitrogens with one attached hydrogen (secondary N) is 1. The SMILES string of the molecule is CC(C)(C)OC(=O)N1CCC(NC(=O)C=Cc2ccc(Cl)c(Cl)c2)CC1. The molecule has 1 aliphatic heterocycles. The van der Waals surface area contributed by atoms with Crippen molar-refractivity contribution in [3.8, 4) is 0 Å². The summed E-state index contributed by atoms with van der Waals surface area (Å²) >= 11 is 11.8. The van der Waals surface area contributed by atoms with Gasteiger partial charge in [0.1, 0.15) is 5.60 Å². The standard InChI is InChI=1S/C19H24Cl2N2O3/c1-19(2,3)26-18(25)23-10-8-14(9-11-23)22-17(24)7-5-13-4-6-15(20)16(21)12-13/h4-7,12,14H,8-11H2,1-3H3,(H,22,24). The molecule has 142 valence electrons. The van der Waals surface area contributed by atoms with Crippen LogP contribution in [0, 0.1) is 0 Å². The molecule has 26 heavy (non-hydrogen) atoms. The highest BCUT2D eigenvalue weighted by Crippen LogP contribution is 2.23. The average molecular weight is 399 g/mol. The van der Waals surface area contributed by atoms with E-state index in [1.807, 2.05) is 20.8 Å². The van der Waals surface area contributed by atoms with Crippen LogP contribution in [-0.2, 0) is 9.53 Å². The molecule has 5 nitrogen and oxygen atoms in total. The van der Waals surface area contributed by atoms with Crippen LogP contribution in [0.1, 0.15) is 39.2 Å². The van der Waals surface area contributed by atoms with Crippen LogP contribution < -0.4 is 5.32 Å². The Morgan fingerprint density at radius 3 is 2.42 bits per heavy atom. The largest absolute Gasteiger partial charge is 0.444 e. The van der Waals surface area contributed by atoms with Gasteiger partial charge in [0.25, 0.3) is 0 Å². The lowest BCUT2D eigenvalue weighted by Crippen LogP contribution is -2.47. The number of benzene rings is 1. The molecule has 0 spiro atoms. The van der Waals surface area contributed by atoms with Crippen molar-refractivity contribution < 1.29 is 14.3 Å². The van der Waals surface area contributed by atoms with Gasteiger partial charge >= 0.3 is 6.09 Å². The van der Waals surface area contributed by atoms with Gasteiger partial charge in [-0.15, -0.1) is 0 Å². The normalized spacial score (nSPS) is 16.0. The van der Waals surface area contributed by atoms with Crippen LogP contribution in [0.3, 0.4) is 0 Å². The van der Waals surface area contributed by atoms with Gasteiger partial charge in [0.2, 0.25) is 5.91 Å². The van der Waals surface area contributed by atoms with Gasteiger partial charge in [0, 0.05) is 25.2 Å². The second-order valence-corrected chi connectivity index (χ2v) is 8.07. The summed E-state index contributed by atoms with van der Waals surface area (Å²) in [4.78, 5) is 25.8. The number of rotatable bonds is 3. The summed E-state index contributed by atoms with van der Waals surface area (Å²) in [5.74, 6) is -0.174. The number of halogens is 2. The molecular weight excluding hydrogens is 375 g/mol. The summed E-state index contributed by atoms with van der Waals surface area (Å²) in [5.41, 5.74) is 0.298. The maximum Gasteiger partial charge on any atom is 0.410 e. The lowest BCUT2D eigenvalue weighted by Gasteiger charge is -2.33. The van der Waals surface area contributed by atoms with Crippen LogP contribution >= 0.6 is 23.2 Å². The smallest absolute Gasteiger partial charge is 0.410 e. The average Bonchev–Trinajstić information content (AvgIpc) is 2.55. The summed E-state index contributed by atoms with van der Waals surface area (Å²) in [6.07, 6.45) is 4.26. The van der Waals surface area contributed by atoms with Crippen molar-refractivity contribution in [2.24, 2.45) is 0 Å². The van der Waals surface area contributed by atoms with Crippen molar-refractivity contribution in [1.82, 2.24) is 10.2 Å². The molecular formula is C19H24Cl2N2O3. The predicted octanol–water partition coefficient (Wildman–Crippen LogP) is 4.52. The Hall–Kier alpha value is -1.72. The van der Waals surface area contributed by atoms with Gasteiger partial charge in [-0.1, -0.05) is 29.3 Å². The number of hydrogen-bond acceptors (Lipinski definition) is 3. The summed E-state index contributed by atoms with van der Waals surface area (Å²) in [6.45, 7) is 6.67. The number of likely N-dealkylation sites (tertiary alicyclic amines) is 1. The number of nitrogens with zero attached hydrogens (tertiary/aromatic N) is 1. The molecule has 1 aliphatic rings. The number of piperidine rings is 1. The first kappa shape index (κ1) is 20.6. The topological polar surface area (TPSA) is 58.6 Å². The third kappa shape index (κ3) is 6.54. The maximum atomic E-state index is 12.1. The Bertz CT molecular complexity index is 691. The van der Waals surface area contributed by atoms with Crippen molar-refractivity contribution in [2.45, 2.75) is 45.3 Å². The van der Waals surface area contributed by atoms with E-state index in [0.29, 0.717) is 36.0 Å². The molecule has 1 saturated heterocycles. The predicted molar refractivity (Wildman–Crippen MR) is 104 cm³/mol. The third-order valence-electron chi connectivity index (χ3n) is 3.86. The fourth-order valence-electron chi connectivity index (χ4n) is 2.57. The molecule has 0 bridgehead atoms. The molecule has 0 unspecified atom stereocenters. The Balaban J connectivity index is 1.79. The van der Waals surface area contributed by atoms with Crippen LogP contribution in [0.5, 0.6) is 0 Å². The molecule has 7 heteroatoms. The highest BCUT2D eigenvalue weighted by atomic mass is 35.5. The minimum atomic E-state index is -0.502. The summed E-state index contributed by atoms with van der Waals surface area (Å²) in [5, 5.41) is 3.88. The van der Waals surface area contributed by atoms with Gasteiger partial charge in [0.05, 0.1) is 10.0 Å². The molecule has 1 heterocycles. The molecule has 1 aromatic carbocycles. The minimum absolute atomic E-state index is 0.0413. The van der Waals surface area contributed by atoms with Gasteiger partial charge < -0.3 is 15.0 Å². The zero-order valence-corrected chi connectivity index (χ0v) is 16.7. The number of hydrogen-bond donors (Lipinski definition) is 1. The van der Waals surface area contributed by atoms with E-state index in [1.54, 1.807) is 29.2 Å². The van der Waals surface area contributed by atoms with E-state index < -0.39 is 5.60 Å². The zero-order chi connectivity index (χ0) is 19.3. The quantitative estimate of drug-likeness (QED) is 0.761. The molecule has 0 radical (unpaired) electrons. The van der Waals surface area contributed by atoms with Crippen LogP contribution in [0.4, 0.5) is 4.79 Å². The first-order valence-corrected chi connectivity index (χ1v) is 9.31. The van der Waals surface area contributed by atoms with E-state index in [9.17, 15) is 9.59 Å². The van der Waals surface area contributed by atoms with Crippen molar-refractivity contribution in [1.29, 1.82) is 0 Å². The maximum absolute atomic E-state index is 12.1. The number of amides is 2. The monoisotopic (exact) mass is 398 g/mol. The summed E-state index contributed by atoms with van der Waals surface area (Å²) in [7, 11) is 0. The van der Waals surface area contributed by atoms with Crippen molar-refractivity contribution >= 4 is 41.3 Å². The summed E-state index contributed by atoms with van der Waals surface area (Å²) < 4.78 is 5.37. The van der Waals surface area contributed by atoms with Crippen molar-refractivity contribution in [3.05, 3.63) is 39.9 Å². The zero-order valence-electron chi connectivity index (χ0n) is 15.2. The van der Waals surface area contributed by atoms with E-state index in [2.05, 4.69) is 5.32 Å². The second kappa shape index (κ2) is 8.78. The second-order valence-electron chi connectivity index (χ2n) is 7.26. The Morgan fingerprint density at radius 2 is 1.85 bits per heavy atom. The molecule has 0 aromatic heterocycles. The molecule has 2 amide bonds. The van der Waals surface area contributed by atoms with Crippen molar-refractivity contribution in [2.75, 3.05) is 13.1 Å². The minimum Gasteiger partial charge on any atom is -0.444 e. The van der Waals surface area contributed by atoms with Gasteiger partial charge in [-0.25, -0.2) is 4.79 Å². The first-order chi connectivity index (χ1) is 12.1. The highest BCUT2D eigenvalue weighted by molar-refractivity contribution is 6.42. The van der Waals surface area contributed by atoms with E-state index in [-0.39, 0.29) is 18.0 Å². The lowest BCUT2D eigenvalue weighted by atomic mass is 10.1. The molecule has 1 fully saturated rings. The van der Waals surface area contributed by atoms with Crippen molar-refractivity contribution in [3.63, 3.8) is 0 Å². The van der Waals surface area contributed by atoms with E-state index in [4.69, 9.17) is 27.9 Å². The van der Waals surface area contributed by atoms with Gasteiger partial charge in [-0.2, -0.15) is 0 Å². The van der Waals surface area contributed by atoms with Gasteiger partial charge in [-0.05, 0) is 57.4 Å². The lowest BCUT2D eigenvalue weighted by molar-refractivity contribution is -0.117. The molecule has 0 aliphatic carbocycles.